The van der Waals surface area contributed by atoms with Crippen molar-refractivity contribution in [1.29, 1.82) is 0 Å². The summed E-state index contributed by atoms with van der Waals surface area (Å²) in [6.07, 6.45) is 5.20. The Balaban J connectivity index is 1.48. The number of esters is 1. The van der Waals surface area contributed by atoms with E-state index in [0.29, 0.717) is 11.3 Å². The molecule has 0 saturated carbocycles. The van der Waals surface area contributed by atoms with E-state index in [-0.39, 0.29) is 22.9 Å². The predicted octanol–water partition coefficient (Wildman–Crippen LogP) is 5.22. The summed E-state index contributed by atoms with van der Waals surface area (Å²) >= 11 is 0. The van der Waals surface area contributed by atoms with Crippen molar-refractivity contribution in [3.63, 3.8) is 0 Å². The van der Waals surface area contributed by atoms with E-state index in [0.717, 1.165) is 5.56 Å². The van der Waals surface area contributed by atoms with Gasteiger partial charge in [0.25, 0.3) is 0 Å². The first-order chi connectivity index (χ1) is 14.1. The van der Waals surface area contributed by atoms with Crippen LogP contribution in [0.2, 0.25) is 0 Å². The number of Topliss-reactive ketones (excluding diaryl/α,β-unsaturated/α-hetero) is 1. The molecule has 1 aliphatic heterocycles. The van der Waals surface area contributed by atoms with Crippen molar-refractivity contribution < 1.29 is 23.5 Å². The van der Waals surface area contributed by atoms with Gasteiger partial charge in [0.05, 0.1) is 11.1 Å². The quantitative estimate of drug-likeness (QED) is 0.351. The van der Waals surface area contributed by atoms with Crippen LogP contribution in [0.25, 0.3) is 6.08 Å². The van der Waals surface area contributed by atoms with Gasteiger partial charge in [-0.2, -0.15) is 0 Å². The third kappa shape index (κ3) is 4.14. The molecular formula is C24H15FO4. The van der Waals surface area contributed by atoms with E-state index in [4.69, 9.17) is 9.47 Å². The minimum Gasteiger partial charge on any atom is -0.452 e. The summed E-state index contributed by atoms with van der Waals surface area (Å²) in [4.78, 5) is 24.6. The lowest BCUT2D eigenvalue weighted by Crippen LogP contribution is -2.08. The van der Waals surface area contributed by atoms with Gasteiger partial charge in [-0.05, 0) is 48.0 Å². The normalized spacial score (nSPS) is 14.1. The summed E-state index contributed by atoms with van der Waals surface area (Å²) in [5.74, 6) is -0.573. The van der Waals surface area contributed by atoms with E-state index in [1.807, 2.05) is 36.4 Å². The molecule has 29 heavy (non-hydrogen) atoms. The number of hydrogen-bond acceptors (Lipinski definition) is 4. The molecule has 0 saturated heterocycles. The fraction of sp³-hybridized carbons (Fsp3) is 0. The van der Waals surface area contributed by atoms with Gasteiger partial charge in [-0.1, -0.05) is 42.5 Å². The molecule has 0 unspecified atom stereocenters. The molecule has 0 aliphatic carbocycles. The molecule has 0 aromatic heterocycles. The number of fused-ring (bicyclic) bond motifs is 1. The van der Waals surface area contributed by atoms with Crippen LogP contribution >= 0.6 is 0 Å². The Morgan fingerprint density at radius 3 is 2.48 bits per heavy atom. The van der Waals surface area contributed by atoms with Gasteiger partial charge < -0.3 is 9.47 Å². The van der Waals surface area contributed by atoms with Crippen molar-refractivity contribution in [2.24, 2.45) is 0 Å². The van der Waals surface area contributed by atoms with Crippen LogP contribution in [0.15, 0.2) is 90.7 Å². The van der Waals surface area contributed by atoms with Crippen LogP contribution in [0.3, 0.4) is 0 Å². The number of carbonyl (C=O) groups is 2. The zero-order valence-electron chi connectivity index (χ0n) is 15.2. The highest BCUT2D eigenvalue weighted by Gasteiger charge is 2.27. The van der Waals surface area contributed by atoms with E-state index in [9.17, 15) is 14.0 Å². The molecule has 0 atom stereocenters. The second-order valence-electron chi connectivity index (χ2n) is 6.29. The Kier molecular flexibility index (Phi) is 5.03. The summed E-state index contributed by atoms with van der Waals surface area (Å²) in [5, 5.41) is 0. The van der Waals surface area contributed by atoms with Gasteiger partial charge in [-0.25, -0.2) is 9.18 Å². The Labute approximate surface area is 166 Å². The van der Waals surface area contributed by atoms with Gasteiger partial charge in [0.1, 0.15) is 17.3 Å². The fourth-order valence-corrected chi connectivity index (χ4v) is 2.81. The topological polar surface area (TPSA) is 52.6 Å². The fourth-order valence-electron chi connectivity index (χ4n) is 2.81. The molecule has 3 aromatic carbocycles. The molecule has 3 aromatic rings. The highest BCUT2D eigenvalue weighted by Crippen LogP contribution is 2.34. The van der Waals surface area contributed by atoms with Crippen molar-refractivity contribution in [3.05, 3.63) is 113 Å². The largest absolute Gasteiger partial charge is 0.452 e. The number of rotatable bonds is 4. The van der Waals surface area contributed by atoms with E-state index >= 15 is 0 Å². The first-order valence-corrected chi connectivity index (χ1v) is 8.88. The molecule has 4 nitrogen and oxygen atoms in total. The van der Waals surface area contributed by atoms with Gasteiger partial charge in [-0.15, -0.1) is 0 Å². The van der Waals surface area contributed by atoms with Gasteiger partial charge >= 0.3 is 5.97 Å². The van der Waals surface area contributed by atoms with Crippen LogP contribution in [0.5, 0.6) is 11.5 Å². The van der Waals surface area contributed by atoms with Gasteiger partial charge in [0.2, 0.25) is 5.78 Å². The first kappa shape index (κ1) is 18.4. The second kappa shape index (κ2) is 7.94. The van der Waals surface area contributed by atoms with Crippen LogP contribution in [0, 0.1) is 5.82 Å². The number of ketones is 1. The third-order valence-electron chi connectivity index (χ3n) is 4.27. The molecule has 0 spiro atoms. The third-order valence-corrected chi connectivity index (χ3v) is 4.27. The maximum Gasteiger partial charge on any atom is 0.343 e. The van der Waals surface area contributed by atoms with Gasteiger partial charge in [0.15, 0.2) is 5.76 Å². The number of benzene rings is 3. The SMILES string of the molecule is O=C(Oc1ccc2c(c1)OC(=CC=Cc1ccccc1)C2=O)c1ccc(F)cc1. The molecule has 1 aliphatic rings. The summed E-state index contributed by atoms with van der Waals surface area (Å²) in [7, 11) is 0. The highest BCUT2D eigenvalue weighted by atomic mass is 19.1. The summed E-state index contributed by atoms with van der Waals surface area (Å²) < 4.78 is 23.9. The maximum atomic E-state index is 13.0. The van der Waals surface area contributed by atoms with Crippen molar-refractivity contribution in [1.82, 2.24) is 0 Å². The lowest BCUT2D eigenvalue weighted by atomic mass is 10.1. The Morgan fingerprint density at radius 2 is 1.72 bits per heavy atom. The molecule has 4 rings (SSSR count). The molecule has 1 heterocycles. The molecule has 0 bridgehead atoms. The van der Waals surface area contributed by atoms with E-state index < -0.39 is 11.8 Å². The maximum absolute atomic E-state index is 13.0. The number of allylic oxidation sites excluding steroid dienone is 3. The Hall–Kier alpha value is -3.99. The summed E-state index contributed by atoms with van der Waals surface area (Å²) in [5.41, 5.74) is 1.61. The van der Waals surface area contributed by atoms with Gasteiger partial charge in [-0.3, -0.25) is 4.79 Å². The molecule has 0 fully saturated rings. The standard InChI is InChI=1S/C24H15FO4/c25-18-11-9-17(10-12-18)24(27)28-19-13-14-20-22(15-19)29-21(23(20)26)8-4-7-16-5-2-1-3-6-16/h1-15H. The minimum absolute atomic E-state index is 0.189. The minimum atomic E-state index is -0.629. The van der Waals surface area contributed by atoms with Crippen molar-refractivity contribution >= 4 is 17.8 Å². The average Bonchev–Trinajstić information content (AvgIpc) is 3.04. The van der Waals surface area contributed by atoms with Crippen LogP contribution in [-0.4, -0.2) is 11.8 Å². The van der Waals surface area contributed by atoms with Crippen LogP contribution in [-0.2, 0) is 0 Å². The monoisotopic (exact) mass is 386 g/mol. The summed E-state index contributed by atoms with van der Waals surface area (Å²) in [6, 6.07) is 19.3. The molecule has 142 valence electrons. The molecule has 5 heteroatoms. The van der Waals surface area contributed by atoms with Gasteiger partial charge in [0, 0.05) is 6.07 Å². The number of ether oxygens (including phenoxy) is 2. The van der Waals surface area contributed by atoms with Crippen LogP contribution in [0.4, 0.5) is 4.39 Å². The molecular weight excluding hydrogens is 371 g/mol. The smallest absolute Gasteiger partial charge is 0.343 e. The Morgan fingerprint density at radius 1 is 0.966 bits per heavy atom. The molecule has 0 radical (unpaired) electrons. The predicted molar refractivity (Wildman–Crippen MR) is 106 cm³/mol. The van der Waals surface area contributed by atoms with E-state index in [2.05, 4.69) is 0 Å². The average molecular weight is 386 g/mol. The summed E-state index contributed by atoms with van der Waals surface area (Å²) in [6.45, 7) is 0. The van der Waals surface area contributed by atoms with E-state index in [1.54, 1.807) is 18.2 Å². The number of carbonyl (C=O) groups excluding carboxylic acids is 2. The zero-order chi connectivity index (χ0) is 20.2. The molecule has 0 N–H and O–H groups in total. The van der Waals surface area contributed by atoms with Crippen molar-refractivity contribution in [2.75, 3.05) is 0 Å². The van der Waals surface area contributed by atoms with Crippen molar-refractivity contribution in [3.8, 4) is 11.5 Å². The highest BCUT2D eigenvalue weighted by molar-refractivity contribution is 6.12. The second-order valence-corrected chi connectivity index (χ2v) is 6.29. The van der Waals surface area contributed by atoms with E-state index in [1.165, 1.54) is 36.4 Å². The first-order valence-electron chi connectivity index (χ1n) is 8.88. The van der Waals surface area contributed by atoms with Crippen LogP contribution in [0.1, 0.15) is 26.3 Å². The van der Waals surface area contributed by atoms with Crippen LogP contribution < -0.4 is 9.47 Å². The lowest BCUT2D eigenvalue weighted by molar-refractivity contribution is 0.0734. The zero-order valence-corrected chi connectivity index (χ0v) is 15.2. The van der Waals surface area contributed by atoms with Crippen molar-refractivity contribution in [2.45, 2.75) is 0 Å². The number of halogens is 1. The Bertz CT molecular complexity index is 1130. The lowest BCUT2D eigenvalue weighted by Gasteiger charge is -2.05. The molecule has 0 amide bonds. The number of hydrogen-bond donors (Lipinski definition) is 0.